The molecule has 6 atom stereocenters. The van der Waals surface area contributed by atoms with Crippen LogP contribution in [0.4, 0.5) is 5.69 Å². The lowest BCUT2D eigenvalue weighted by atomic mass is 9.73. The molecule has 5 rings (SSSR count). The van der Waals surface area contributed by atoms with Crippen LogP contribution in [-0.2, 0) is 23.9 Å². The van der Waals surface area contributed by atoms with Gasteiger partial charge in [0.25, 0.3) is 5.91 Å². The molecule has 0 bridgehead atoms. The Morgan fingerprint density at radius 2 is 1.84 bits per heavy atom. The number of esters is 1. The molecule has 4 heterocycles. The molecule has 0 aliphatic carbocycles. The number of likely N-dealkylation sites (tertiary alicyclic amines) is 1. The van der Waals surface area contributed by atoms with Crippen molar-refractivity contribution < 1.29 is 29.0 Å². The number of allylic oxidation sites excluding steroid dienone is 1. The number of cyclic esters (lactones) is 1. The largest absolute Gasteiger partial charge is 0.465 e. The molecule has 1 spiro atoms. The van der Waals surface area contributed by atoms with Gasteiger partial charge in [0.15, 0.2) is 0 Å². The second-order valence-electron chi connectivity index (χ2n) is 10.2. The molecule has 37 heavy (non-hydrogen) atoms. The van der Waals surface area contributed by atoms with Crippen molar-refractivity contribution in [2.24, 2.45) is 11.8 Å². The van der Waals surface area contributed by atoms with Gasteiger partial charge in [-0.15, -0.1) is 0 Å². The standard InChI is InChI=1S/C28H33ClN2O6/c1-3-19(17-32)31-23-25(34)30(20-11-9-18(29)10-12-20)15-8-14-28(23)21(24(31)33)22-26(35)36-16-7-5-6-13-27(22,4-2)37-28/h6,8-14,19,21-23,32H,3-5,7,15-17H2,1-2H3/b13-6-/t19-,21-,22+,23?,27-,28-/m0/s1. The van der Waals surface area contributed by atoms with E-state index >= 15 is 0 Å². The van der Waals surface area contributed by atoms with E-state index in [0.717, 1.165) is 0 Å². The van der Waals surface area contributed by atoms with Crippen molar-refractivity contribution in [2.45, 2.75) is 62.8 Å². The van der Waals surface area contributed by atoms with E-state index in [2.05, 4.69) is 0 Å². The van der Waals surface area contributed by atoms with Crippen molar-refractivity contribution in [1.82, 2.24) is 4.90 Å². The molecular weight excluding hydrogens is 496 g/mol. The van der Waals surface area contributed by atoms with Crippen LogP contribution in [0.5, 0.6) is 0 Å². The van der Waals surface area contributed by atoms with E-state index in [1.807, 2.05) is 32.1 Å². The Morgan fingerprint density at radius 3 is 2.51 bits per heavy atom. The van der Waals surface area contributed by atoms with Gasteiger partial charge in [-0.2, -0.15) is 0 Å². The molecule has 198 valence electrons. The smallest absolute Gasteiger partial charge is 0.313 e. The predicted octanol–water partition coefficient (Wildman–Crippen LogP) is 3.27. The van der Waals surface area contributed by atoms with E-state index in [1.165, 1.54) is 4.90 Å². The Labute approximate surface area is 221 Å². The summed E-state index contributed by atoms with van der Waals surface area (Å²) in [6.07, 6.45) is 9.79. The number of aliphatic hydroxyl groups excluding tert-OH is 1. The van der Waals surface area contributed by atoms with Gasteiger partial charge in [0, 0.05) is 17.3 Å². The van der Waals surface area contributed by atoms with Crippen molar-refractivity contribution in [3.8, 4) is 0 Å². The molecule has 2 fully saturated rings. The zero-order chi connectivity index (χ0) is 26.4. The topological polar surface area (TPSA) is 96.4 Å². The predicted molar refractivity (Wildman–Crippen MR) is 138 cm³/mol. The third-order valence-corrected chi connectivity index (χ3v) is 8.54. The summed E-state index contributed by atoms with van der Waals surface area (Å²) in [6, 6.07) is 5.27. The number of halogens is 1. The molecule has 0 saturated carbocycles. The number of nitrogens with zero attached hydrogens (tertiary/aromatic N) is 2. The van der Waals surface area contributed by atoms with E-state index in [1.54, 1.807) is 35.2 Å². The van der Waals surface area contributed by atoms with Gasteiger partial charge in [0.05, 0.1) is 25.2 Å². The SMILES string of the molecule is CC[C@@H](CO)N1C(=O)[C@@H]2[C@@H]3C(=O)OCCC/C=C\[C@]3(CC)O[C@@]23C=CCN(c2ccc(Cl)cc2)C(=O)C13. The number of rotatable bonds is 5. The normalized spacial score (nSPS) is 35.0. The summed E-state index contributed by atoms with van der Waals surface area (Å²) in [5.41, 5.74) is -1.84. The molecule has 1 N–H and O–H groups in total. The zero-order valence-corrected chi connectivity index (χ0v) is 21.9. The molecular formula is C28H33ClN2O6. The third-order valence-electron chi connectivity index (χ3n) is 8.28. The first-order chi connectivity index (χ1) is 17.8. The number of amides is 2. The summed E-state index contributed by atoms with van der Waals surface area (Å²) in [5, 5.41) is 10.8. The van der Waals surface area contributed by atoms with E-state index in [-0.39, 0.29) is 31.6 Å². The van der Waals surface area contributed by atoms with Crippen LogP contribution in [0.3, 0.4) is 0 Å². The molecule has 1 unspecified atom stereocenters. The third kappa shape index (κ3) is 3.92. The average Bonchev–Trinajstić information content (AvgIpc) is 3.27. The van der Waals surface area contributed by atoms with E-state index in [0.29, 0.717) is 36.4 Å². The number of aliphatic hydroxyl groups is 1. The van der Waals surface area contributed by atoms with Gasteiger partial charge < -0.3 is 24.4 Å². The second kappa shape index (κ2) is 9.89. The van der Waals surface area contributed by atoms with Gasteiger partial charge in [0.2, 0.25) is 5.91 Å². The number of fused-ring (bicyclic) bond motifs is 2. The van der Waals surface area contributed by atoms with Crippen molar-refractivity contribution in [3.63, 3.8) is 0 Å². The maximum Gasteiger partial charge on any atom is 0.313 e. The highest BCUT2D eigenvalue weighted by Crippen LogP contribution is 2.58. The van der Waals surface area contributed by atoms with Crippen molar-refractivity contribution in [3.05, 3.63) is 53.6 Å². The maximum absolute atomic E-state index is 14.4. The highest BCUT2D eigenvalue weighted by atomic mass is 35.5. The first kappa shape index (κ1) is 25.9. The Bertz CT molecular complexity index is 1130. The lowest BCUT2D eigenvalue weighted by Gasteiger charge is -2.40. The number of hydrogen-bond donors (Lipinski definition) is 1. The van der Waals surface area contributed by atoms with Crippen LogP contribution < -0.4 is 4.90 Å². The van der Waals surface area contributed by atoms with Gasteiger partial charge in [0.1, 0.15) is 23.2 Å². The Hall–Kier alpha value is -2.68. The molecule has 2 saturated heterocycles. The molecule has 9 heteroatoms. The molecule has 1 aromatic rings. The molecule has 4 aliphatic heterocycles. The van der Waals surface area contributed by atoms with Gasteiger partial charge in [-0.25, -0.2) is 0 Å². The number of anilines is 1. The van der Waals surface area contributed by atoms with Crippen LogP contribution >= 0.6 is 11.6 Å². The van der Waals surface area contributed by atoms with Crippen LogP contribution in [0, 0.1) is 11.8 Å². The van der Waals surface area contributed by atoms with Gasteiger partial charge >= 0.3 is 5.97 Å². The molecule has 1 aromatic carbocycles. The Kier molecular flexibility index (Phi) is 6.94. The zero-order valence-electron chi connectivity index (χ0n) is 21.1. The van der Waals surface area contributed by atoms with E-state index in [9.17, 15) is 19.5 Å². The van der Waals surface area contributed by atoms with Crippen molar-refractivity contribution in [1.29, 1.82) is 0 Å². The van der Waals surface area contributed by atoms with Crippen LogP contribution in [0.15, 0.2) is 48.6 Å². The summed E-state index contributed by atoms with van der Waals surface area (Å²) >= 11 is 6.09. The molecule has 2 amide bonds. The maximum atomic E-state index is 14.4. The minimum Gasteiger partial charge on any atom is -0.465 e. The Morgan fingerprint density at radius 1 is 1.08 bits per heavy atom. The number of hydrogen-bond acceptors (Lipinski definition) is 6. The van der Waals surface area contributed by atoms with Gasteiger partial charge in [-0.1, -0.05) is 49.8 Å². The summed E-state index contributed by atoms with van der Waals surface area (Å²) in [7, 11) is 0. The number of benzene rings is 1. The quantitative estimate of drug-likeness (QED) is 0.465. The Balaban J connectivity index is 1.69. The first-order valence-electron chi connectivity index (χ1n) is 13.1. The summed E-state index contributed by atoms with van der Waals surface area (Å²) in [5.74, 6) is -3.06. The number of carbonyl (C=O) groups excluding carboxylic acids is 3. The fourth-order valence-corrected chi connectivity index (χ4v) is 6.60. The summed E-state index contributed by atoms with van der Waals surface area (Å²) in [6.45, 7) is 3.98. The molecule has 8 nitrogen and oxygen atoms in total. The lowest BCUT2D eigenvalue weighted by molar-refractivity contribution is -0.161. The van der Waals surface area contributed by atoms with Crippen molar-refractivity contribution >= 4 is 35.1 Å². The number of ether oxygens (including phenoxy) is 2. The fourth-order valence-electron chi connectivity index (χ4n) is 6.47. The fraction of sp³-hybridized carbons (Fsp3) is 0.536. The number of carbonyl (C=O) groups is 3. The highest BCUT2D eigenvalue weighted by Gasteiger charge is 2.75. The molecule has 4 aliphatic rings. The van der Waals surface area contributed by atoms with E-state index in [4.69, 9.17) is 21.1 Å². The summed E-state index contributed by atoms with van der Waals surface area (Å²) < 4.78 is 12.5. The van der Waals surface area contributed by atoms with Gasteiger partial charge in [-0.3, -0.25) is 14.4 Å². The molecule has 0 radical (unpaired) electrons. The first-order valence-corrected chi connectivity index (χ1v) is 13.4. The lowest BCUT2D eigenvalue weighted by Crippen LogP contribution is -2.59. The van der Waals surface area contributed by atoms with Gasteiger partial charge in [-0.05, 0) is 49.9 Å². The second-order valence-corrected chi connectivity index (χ2v) is 10.6. The molecule has 0 aromatic heterocycles. The average molecular weight is 529 g/mol. The van der Waals surface area contributed by atoms with Crippen LogP contribution in [0.25, 0.3) is 0 Å². The van der Waals surface area contributed by atoms with Crippen LogP contribution in [0.1, 0.15) is 39.5 Å². The minimum absolute atomic E-state index is 0.258. The van der Waals surface area contributed by atoms with Crippen LogP contribution in [0.2, 0.25) is 5.02 Å². The highest BCUT2D eigenvalue weighted by molar-refractivity contribution is 6.30. The van der Waals surface area contributed by atoms with Crippen molar-refractivity contribution in [2.75, 3.05) is 24.7 Å². The van der Waals surface area contributed by atoms with Crippen LogP contribution in [-0.4, -0.2) is 70.8 Å². The monoisotopic (exact) mass is 528 g/mol. The minimum atomic E-state index is -1.39. The summed E-state index contributed by atoms with van der Waals surface area (Å²) in [4.78, 5) is 45.3. The van der Waals surface area contributed by atoms with E-state index < -0.39 is 41.1 Å².